The van der Waals surface area contributed by atoms with Crippen LogP contribution in [0.5, 0.6) is 0 Å². The van der Waals surface area contributed by atoms with Gasteiger partial charge in [0.15, 0.2) is 0 Å². The van der Waals surface area contributed by atoms with Crippen molar-refractivity contribution in [3.63, 3.8) is 0 Å². The van der Waals surface area contributed by atoms with E-state index in [1.54, 1.807) is 12.1 Å². The summed E-state index contributed by atoms with van der Waals surface area (Å²) >= 11 is 0. The third-order valence-corrected chi connectivity index (χ3v) is 3.18. The summed E-state index contributed by atoms with van der Waals surface area (Å²) in [4.78, 5) is 14.4. The Labute approximate surface area is 115 Å². The van der Waals surface area contributed by atoms with Crippen molar-refractivity contribution in [2.24, 2.45) is 0 Å². The minimum Gasteiger partial charge on any atom is -0.384 e. The van der Waals surface area contributed by atoms with Gasteiger partial charge in [-0.2, -0.15) is 0 Å². The first-order valence-electron chi connectivity index (χ1n) is 6.65. The van der Waals surface area contributed by atoms with E-state index in [9.17, 15) is 4.79 Å². The molecule has 19 heavy (non-hydrogen) atoms. The van der Waals surface area contributed by atoms with Crippen molar-refractivity contribution in [3.8, 4) is 11.8 Å². The number of nitrogens with zero attached hydrogens (tertiary/aromatic N) is 1. The predicted molar refractivity (Wildman–Crippen MR) is 76.9 cm³/mol. The van der Waals surface area contributed by atoms with Crippen LogP contribution in [0.1, 0.15) is 43.1 Å². The SMILES string of the molecule is CCC(C)N(CC)C(=O)c1ccccc1C#CCO. The molecule has 0 saturated heterocycles. The first kappa shape index (κ1) is 15.3. The smallest absolute Gasteiger partial charge is 0.255 e. The van der Waals surface area contributed by atoms with Crippen molar-refractivity contribution in [2.45, 2.75) is 33.2 Å². The maximum absolute atomic E-state index is 12.6. The maximum atomic E-state index is 12.6. The molecule has 3 heteroatoms. The summed E-state index contributed by atoms with van der Waals surface area (Å²) in [5, 5.41) is 8.77. The molecule has 1 aromatic carbocycles. The van der Waals surface area contributed by atoms with E-state index in [1.165, 1.54) is 0 Å². The molecule has 1 atom stereocenters. The molecule has 0 saturated carbocycles. The molecule has 0 aliphatic heterocycles. The number of hydrogen-bond donors (Lipinski definition) is 1. The van der Waals surface area contributed by atoms with E-state index < -0.39 is 0 Å². The number of hydrogen-bond acceptors (Lipinski definition) is 2. The van der Waals surface area contributed by atoms with Crippen molar-refractivity contribution in [1.82, 2.24) is 4.90 Å². The van der Waals surface area contributed by atoms with Gasteiger partial charge < -0.3 is 10.0 Å². The van der Waals surface area contributed by atoms with Crippen LogP contribution in [0.3, 0.4) is 0 Å². The van der Waals surface area contributed by atoms with E-state index >= 15 is 0 Å². The number of rotatable bonds is 4. The molecule has 1 amide bonds. The van der Waals surface area contributed by atoms with Gasteiger partial charge >= 0.3 is 0 Å². The Morgan fingerprint density at radius 3 is 2.63 bits per heavy atom. The molecule has 102 valence electrons. The Hall–Kier alpha value is -1.79. The lowest BCUT2D eigenvalue weighted by Crippen LogP contribution is -2.38. The van der Waals surface area contributed by atoms with E-state index in [4.69, 9.17) is 5.11 Å². The molecule has 0 bridgehead atoms. The van der Waals surface area contributed by atoms with Crippen LogP contribution in [-0.4, -0.2) is 35.1 Å². The molecule has 0 aliphatic carbocycles. The van der Waals surface area contributed by atoms with Crippen molar-refractivity contribution >= 4 is 5.91 Å². The normalized spacial score (nSPS) is 11.4. The fourth-order valence-electron chi connectivity index (χ4n) is 1.94. The van der Waals surface area contributed by atoms with Crippen molar-refractivity contribution in [3.05, 3.63) is 35.4 Å². The topological polar surface area (TPSA) is 40.5 Å². The summed E-state index contributed by atoms with van der Waals surface area (Å²) in [6.07, 6.45) is 0.921. The predicted octanol–water partition coefficient (Wildman–Crippen LogP) is 2.29. The molecule has 0 fully saturated rings. The minimum absolute atomic E-state index is 0.000287. The van der Waals surface area contributed by atoms with E-state index in [-0.39, 0.29) is 18.6 Å². The van der Waals surface area contributed by atoms with E-state index in [1.807, 2.05) is 30.9 Å². The van der Waals surface area contributed by atoms with Gasteiger partial charge in [-0.1, -0.05) is 30.9 Å². The van der Waals surface area contributed by atoms with E-state index in [0.717, 1.165) is 6.42 Å². The summed E-state index contributed by atoms with van der Waals surface area (Å²) in [5.41, 5.74) is 1.27. The zero-order chi connectivity index (χ0) is 14.3. The Morgan fingerprint density at radius 2 is 2.05 bits per heavy atom. The Balaban J connectivity index is 3.11. The number of carbonyl (C=O) groups excluding carboxylic acids is 1. The zero-order valence-corrected chi connectivity index (χ0v) is 11.8. The molecule has 1 aromatic rings. The molecule has 0 heterocycles. The van der Waals surface area contributed by atoms with Crippen LogP contribution in [0.15, 0.2) is 24.3 Å². The zero-order valence-electron chi connectivity index (χ0n) is 11.8. The molecule has 0 aromatic heterocycles. The van der Waals surface area contributed by atoms with Crippen LogP contribution in [0.25, 0.3) is 0 Å². The molecule has 3 nitrogen and oxygen atoms in total. The number of carbonyl (C=O) groups is 1. The number of amides is 1. The van der Waals surface area contributed by atoms with Gasteiger partial charge in [0.1, 0.15) is 6.61 Å². The quantitative estimate of drug-likeness (QED) is 0.843. The third-order valence-electron chi connectivity index (χ3n) is 3.18. The van der Waals surface area contributed by atoms with Crippen molar-refractivity contribution in [2.75, 3.05) is 13.2 Å². The summed E-state index contributed by atoms with van der Waals surface area (Å²) in [5.74, 6) is 5.43. The highest BCUT2D eigenvalue weighted by molar-refractivity contribution is 5.96. The molecule has 1 unspecified atom stereocenters. The molecular formula is C16H21NO2. The molecule has 0 spiro atoms. The van der Waals surface area contributed by atoms with Gasteiger partial charge in [-0.15, -0.1) is 0 Å². The first-order valence-corrected chi connectivity index (χ1v) is 6.65. The number of aliphatic hydroxyl groups is 1. The minimum atomic E-state index is -0.203. The summed E-state index contributed by atoms with van der Waals surface area (Å²) in [6, 6.07) is 7.48. The van der Waals surface area contributed by atoms with Gasteiger partial charge in [0.05, 0.1) is 5.56 Å². The van der Waals surface area contributed by atoms with Crippen LogP contribution in [-0.2, 0) is 0 Å². The fourth-order valence-corrected chi connectivity index (χ4v) is 1.94. The second kappa shape index (κ2) is 7.60. The summed E-state index contributed by atoms with van der Waals surface area (Å²) in [7, 11) is 0. The molecule has 1 rings (SSSR count). The monoisotopic (exact) mass is 259 g/mol. The third kappa shape index (κ3) is 3.84. The Bertz CT molecular complexity index is 485. The fraction of sp³-hybridized carbons (Fsp3) is 0.438. The van der Waals surface area contributed by atoms with Crippen LogP contribution >= 0.6 is 0 Å². The van der Waals surface area contributed by atoms with Gasteiger partial charge in [-0.25, -0.2) is 0 Å². The van der Waals surface area contributed by atoms with Gasteiger partial charge in [0, 0.05) is 18.2 Å². The van der Waals surface area contributed by atoms with Crippen LogP contribution in [0.4, 0.5) is 0 Å². The number of benzene rings is 1. The van der Waals surface area contributed by atoms with E-state index in [2.05, 4.69) is 18.8 Å². The lowest BCUT2D eigenvalue weighted by Gasteiger charge is -2.27. The highest BCUT2D eigenvalue weighted by atomic mass is 16.2. The highest BCUT2D eigenvalue weighted by Gasteiger charge is 2.20. The molecule has 0 aliphatic rings. The average Bonchev–Trinajstić information content (AvgIpc) is 2.45. The van der Waals surface area contributed by atoms with Crippen LogP contribution < -0.4 is 0 Å². The molecular weight excluding hydrogens is 238 g/mol. The number of aliphatic hydroxyl groups excluding tert-OH is 1. The van der Waals surface area contributed by atoms with Crippen molar-refractivity contribution in [1.29, 1.82) is 0 Å². The maximum Gasteiger partial charge on any atom is 0.255 e. The highest BCUT2D eigenvalue weighted by Crippen LogP contribution is 2.14. The van der Waals surface area contributed by atoms with Crippen LogP contribution in [0.2, 0.25) is 0 Å². The van der Waals surface area contributed by atoms with Gasteiger partial charge in [0.25, 0.3) is 5.91 Å². The van der Waals surface area contributed by atoms with Crippen LogP contribution in [0, 0.1) is 11.8 Å². The first-order chi connectivity index (χ1) is 9.15. The second-order valence-corrected chi connectivity index (χ2v) is 4.35. The average molecular weight is 259 g/mol. The largest absolute Gasteiger partial charge is 0.384 e. The van der Waals surface area contributed by atoms with Gasteiger partial charge in [-0.05, 0) is 32.4 Å². The lowest BCUT2D eigenvalue weighted by molar-refractivity contribution is 0.0699. The standard InChI is InChI=1S/C16H21NO2/c1-4-13(3)17(5-2)16(19)15-11-7-6-9-14(15)10-8-12-18/h6-7,9,11,13,18H,4-5,12H2,1-3H3. The van der Waals surface area contributed by atoms with Gasteiger partial charge in [0.2, 0.25) is 0 Å². The van der Waals surface area contributed by atoms with Crippen molar-refractivity contribution < 1.29 is 9.90 Å². The summed E-state index contributed by atoms with van der Waals surface area (Å²) in [6.45, 7) is 6.56. The second-order valence-electron chi connectivity index (χ2n) is 4.35. The van der Waals surface area contributed by atoms with E-state index in [0.29, 0.717) is 17.7 Å². The lowest BCUT2D eigenvalue weighted by atomic mass is 10.1. The molecule has 1 N–H and O–H groups in total. The van der Waals surface area contributed by atoms with Gasteiger partial charge in [-0.3, -0.25) is 4.79 Å². The molecule has 0 radical (unpaired) electrons. The Kier molecular flexibility index (Phi) is 6.11. The summed E-state index contributed by atoms with van der Waals surface area (Å²) < 4.78 is 0. The Morgan fingerprint density at radius 1 is 1.37 bits per heavy atom.